The molecule has 0 aliphatic carbocycles. The first-order valence-electron chi connectivity index (χ1n) is 4.99. The molecular formula is C10H19NO3. The minimum Gasteiger partial charge on any atom is -0.458 e. The highest BCUT2D eigenvalue weighted by atomic mass is 16.6. The van der Waals surface area contributed by atoms with Gasteiger partial charge in [-0.3, -0.25) is 9.69 Å². The summed E-state index contributed by atoms with van der Waals surface area (Å²) in [6.07, 6.45) is 0. The van der Waals surface area contributed by atoms with Crippen LogP contribution in [-0.2, 0) is 14.3 Å². The second-order valence-corrected chi connectivity index (χ2v) is 4.24. The van der Waals surface area contributed by atoms with Crippen LogP contribution < -0.4 is 0 Å². The van der Waals surface area contributed by atoms with Crippen molar-refractivity contribution in [1.82, 2.24) is 4.90 Å². The van der Waals surface area contributed by atoms with E-state index in [1.807, 2.05) is 13.8 Å². The van der Waals surface area contributed by atoms with E-state index in [4.69, 9.17) is 9.47 Å². The number of hydrogen-bond donors (Lipinski definition) is 0. The number of esters is 1. The molecule has 0 amide bonds. The molecule has 0 saturated carbocycles. The molecule has 1 aliphatic rings. The topological polar surface area (TPSA) is 38.8 Å². The standard InChI is InChI=1S/C10H19NO3/c1-9(12)14-10(2,3)8-11-4-6-13-7-5-11/h4-8H2,1-3H3. The van der Waals surface area contributed by atoms with E-state index in [1.165, 1.54) is 6.92 Å². The summed E-state index contributed by atoms with van der Waals surface area (Å²) in [4.78, 5) is 13.1. The van der Waals surface area contributed by atoms with Crippen LogP contribution in [0.15, 0.2) is 0 Å². The van der Waals surface area contributed by atoms with Gasteiger partial charge in [-0.25, -0.2) is 0 Å². The first kappa shape index (κ1) is 11.5. The zero-order valence-electron chi connectivity index (χ0n) is 9.21. The number of hydrogen-bond acceptors (Lipinski definition) is 4. The zero-order valence-corrected chi connectivity index (χ0v) is 9.21. The summed E-state index contributed by atoms with van der Waals surface area (Å²) in [7, 11) is 0. The van der Waals surface area contributed by atoms with Gasteiger partial charge in [-0.15, -0.1) is 0 Å². The molecule has 82 valence electrons. The second-order valence-electron chi connectivity index (χ2n) is 4.24. The maximum atomic E-state index is 10.8. The van der Waals surface area contributed by atoms with Gasteiger partial charge < -0.3 is 9.47 Å². The fourth-order valence-electron chi connectivity index (χ4n) is 1.72. The molecule has 0 aromatic rings. The van der Waals surface area contributed by atoms with Gasteiger partial charge in [0.25, 0.3) is 0 Å². The van der Waals surface area contributed by atoms with E-state index < -0.39 is 5.60 Å². The number of nitrogens with zero attached hydrogens (tertiary/aromatic N) is 1. The highest BCUT2D eigenvalue weighted by Gasteiger charge is 2.25. The molecule has 0 radical (unpaired) electrons. The van der Waals surface area contributed by atoms with Crippen molar-refractivity contribution in [2.24, 2.45) is 0 Å². The molecule has 0 bridgehead atoms. The molecular weight excluding hydrogens is 182 g/mol. The molecule has 0 spiro atoms. The largest absolute Gasteiger partial charge is 0.458 e. The van der Waals surface area contributed by atoms with Crippen molar-refractivity contribution < 1.29 is 14.3 Å². The molecule has 0 unspecified atom stereocenters. The third-order valence-corrected chi connectivity index (χ3v) is 2.13. The van der Waals surface area contributed by atoms with Crippen LogP contribution in [0.2, 0.25) is 0 Å². The lowest BCUT2D eigenvalue weighted by Crippen LogP contribution is -2.46. The highest BCUT2D eigenvalue weighted by Crippen LogP contribution is 2.12. The summed E-state index contributed by atoms with van der Waals surface area (Å²) < 4.78 is 10.5. The molecule has 1 heterocycles. The molecule has 4 heteroatoms. The van der Waals surface area contributed by atoms with Gasteiger partial charge in [-0.1, -0.05) is 0 Å². The average molecular weight is 201 g/mol. The smallest absolute Gasteiger partial charge is 0.303 e. The van der Waals surface area contributed by atoms with Gasteiger partial charge in [-0.05, 0) is 13.8 Å². The Hall–Kier alpha value is -0.610. The van der Waals surface area contributed by atoms with Gasteiger partial charge in [0.2, 0.25) is 0 Å². The van der Waals surface area contributed by atoms with Crippen LogP contribution in [0, 0.1) is 0 Å². The zero-order chi connectivity index (χ0) is 10.6. The molecule has 4 nitrogen and oxygen atoms in total. The summed E-state index contributed by atoms with van der Waals surface area (Å²) in [6, 6.07) is 0. The summed E-state index contributed by atoms with van der Waals surface area (Å²) in [5, 5.41) is 0. The molecule has 14 heavy (non-hydrogen) atoms. The first-order chi connectivity index (χ1) is 6.49. The maximum Gasteiger partial charge on any atom is 0.303 e. The van der Waals surface area contributed by atoms with Crippen LogP contribution in [0.1, 0.15) is 20.8 Å². The van der Waals surface area contributed by atoms with Crippen molar-refractivity contribution in [3.8, 4) is 0 Å². The van der Waals surface area contributed by atoms with Gasteiger partial charge in [0.15, 0.2) is 0 Å². The van der Waals surface area contributed by atoms with Crippen molar-refractivity contribution in [1.29, 1.82) is 0 Å². The Kier molecular flexibility index (Phi) is 3.89. The van der Waals surface area contributed by atoms with Crippen LogP contribution in [-0.4, -0.2) is 49.3 Å². The summed E-state index contributed by atoms with van der Waals surface area (Å²) in [5.41, 5.74) is -0.400. The highest BCUT2D eigenvalue weighted by molar-refractivity contribution is 5.66. The molecule has 1 rings (SSSR count). The first-order valence-corrected chi connectivity index (χ1v) is 4.99. The Bertz CT molecular complexity index is 198. The van der Waals surface area contributed by atoms with E-state index >= 15 is 0 Å². The summed E-state index contributed by atoms with van der Waals surface area (Å²) in [6.45, 7) is 9.48. The summed E-state index contributed by atoms with van der Waals surface area (Å²) >= 11 is 0. The Morgan fingerprint density at radius 1 is 1.43 bits per heavy atom. The lowest BCUT2D eigenvalue weighted by molar-refractivity contribution is -0.156. The third-order valence-electron chi connectivity index (χ3n) is 2.13. The monoisotopic (exact) mass is 201 g/mol. The molecule has 0 aromatic carbocycles. The minimum atomic E-state index is -0.400. The number of carbonyl (C=O) groups is 1. The predicted molar refractivity (Wildman–Crippen MR) is 53.1 cm³/mol. The van der Waals surface area contributed by atoms with Crippen molar-refractivity contribution in [2.75, 3.05) is 32.8 Å². The lowest BCUT2D eigenvalue weighted by Gasteiger charge is -2.34. The van der Waals surface area contributed by atoms with E-state index in [0.29, 0.717) is 0 Å². The minimum absolute atomic E-state index is 0.219. The van der Waals surface area contributed by atoms with Crippen molar-refractivity contribution >= 4 is 5.97 Å². The number of morpholine rings is 1. The fraction of sp³-hybridized carbons (Fsp3) is 0.900. The fourth-order valence-corrected chi connectivity index (χ4v) is 1.72. The van der Waals surface area contributed by atoms with Gasteiger partial charge in [0.05, 0.1) is 13.2 Å². The Balaban J connectivity index is 2.36. The Morgan fingerprint density at radius 3 is 2.50 bits per heavy atom. The van der Waals surface area contributed by atoms with E-state index in [9.17, 15) is 4.79 Å². The van der Waals surface area contributed by atoms with Gasteiger partial charge in [-0.2, -0.15) is 0 Å². The second kappa shape index (κ2) is 4.75. The predicted octanol–water partition coefficient (Wildman–Crippen LogP) is 0.660. The Labute approximate surface area is 85.2 Å². The molecule has 1 saturated heterocycles. The van der Waals surface area contributed by atoms with Gasteiger partial charge in [0.1, 0.15) is 5.60 Å². The quantitative estimate of drug-likeness (QED) is 0.629. The van der Waals surface area contributed by atoms with Crippen LogP contribution in [0.3, 0.4) is 0 Å². The number of ether oxygens (including phenoxy) is 2. The van der Waals surface area contributed by atoms with Crippen LogP contribution in [0.25, 0.3) is 0 Å². The maximum absolute atomic E-state index is 10.8. The van der Waals surface area contributed by atoms with Crippen LogP contribution >= 0.6 is 0 Å². The molecule has 0 N–H and O–H groups in total. The van der Waals surface area contributed by atoms with Crippen molar-refractivity contribution in [3.05, 3.63) is 0 Å². The van der Waals surface area contributed by atoms with E-state index in [1.54, 1.807) is 0 Å². The normalized spacial score (nSPS) is 19.4. The van der Waals surface area contributed by atoms with Gasteiger partial charge in [0, 0.05) is 26.6 Å². The van der Waals surface area contributed by atoms with Crippen LogP contribution in [0.4, 0.5) is 0 Å². The number of rotatable bonds is 3. The van der Waals surface area contributed by atoms with E-state index in [-0.39, 0.29) is 5.97 Å². The van der Waals surface area contributed by atoms with E-state index in [0.717, 1.165) is 32.8 Å². The average Bonchev–Trinajstić information content (AvgIpc) is 2.02. The number of carbonyl (C=O) groups excluding carboxylic acids is 1. The van der Waals surface area contributed by atoms with Crippen LogP contribution in [0.5, 0.6) is 0 Å². The van der Waals surface area contributed by atoms with Crippen molar-refractivity contribution in [2.45, 2.75) is 26.4 Å². The van der Waals surface area contributed by atoms with Gasteiger partial charge >= 0.3 is 5.97 Å². The third kappa shape index (κ3) is 4.07. The SMILES string of the molecule is CC(=O)OC(C)(C)CN1CCOCC1. The molecule has 0 atom stereocenters. The molecule has 1 aliphatic heterocycles. The Morgan fingerprint density at radius 2 is 2.00 bits per heavy atom. The van der Waals surface area contributed by atoms with E-state index in [2.05, 4.69) is 4.90 Å². The molecule has 0 aromatic heterocycles. The molecule has 1 fully saturated rings. The lowest BCUT2D eigenvalue weighted by atomic mass is 10.1. The summed E-state index contributed by atoms with van der Waals surface area (Å²) in [5.74, 6) is -0.219. The van der Waals surface area contributed by atoms with Crippen molar-refractivity contribution in [3.63, 3.8) is 0 Å².